The predicted molar refractivity (Wildman–Crippen MR) is 92.7 cm³/mol. The third-order valence-electron chi connectivity index (χ3n) is 4.46. The van der Waals surface area contributed by atoms with Crippen LogP contribution >= 0.6 is 0 Å². The van der Waals surface area contributed by atoms with Gasteiger partial charge >= 0.3 is 18.1 Å². The Kier molecular flexibility index (Phi) is 8.10. The summed E-state index contributed by atoms with van der Waals surface area (Å²) in [5.74, 6) is -3.38. The Balaban J connectivity index is 2.92. The molecule has 1 N–H and O–H groups in total. The molecule has 0 aromatic rings. The third kappa shape index (κ3) is 6.39. The SMILES string of the molecule is CCCCOC(=O)[C@](C)(CC(C)C)NC(=O)[C@@H]1CCCN1C(=O)C(F)(F)F. The lowest BCUT2D eigenvalue weighted by molar-refractivity contribution is -0.187. The number of nitrogens with one attached hydrogen (secondary N) is 1. The second-order valence-corrected chi connectivity index (χ2v) is 7.56. The smallest absolute Gasteiger partial charge is 0.464 e. The van der Waals surface area contributed by atoms with Crippen molar-refractivity contribution >= 4 is 17.8 Å². The quantitative estimate of drug-likeness (QED) is 0.507. The molecule has 0 unspecified atom stereocenters. The molecule has 0 aromatic carbocycles. The monoisotopic (exact) mass is 394 g/mol. The van der Waals surface area contributed by atoms with Gasteiger partial charge in [0.1, 0.15) is 11.6 Å². The van der Waals surface area contributed by atoms with E-state index in [-0.39, 0.29) is 31.9 Å². The van der Waals surface area contributed by atoms with Crippen LogP contribution in [0.5, 0.6) is 0 Å². The standard InChI is InChI=1S/C18H29F3N2O4/c1-5-6-10-27-16(26)17(4,11-12(2)3)22-14(24)13-8-7-9-23(13)15(25)18(19,20)21/h12-13H,5-11H2,1-4H3,(H,22,24)/t13-,17-/m0/s1. The van der Waals surface area contributed by atoms with Gasteiger partial charge in [0.05, 0.1) is 6.61 Å². The minimum Gasteiger partial charge on any atom is -0.464 e. The summed E-state index contributed by atoms with van der Waals surface area (Å²) in [5.41, 5.74) is -1.37. The maximum Gasteiger partial charge on any atom is 0.471 e. The van der Waals surface area contributed by atoms with Crippen LogP contribution in [0.3, 0.4) is 0 Å². The summed E-state index contributed by atoms with van der Waals surface area (Å²) in [7, 11) is 0. The molecule has 1 aliphatic rings. The van der Waals surface area contributed by atoms with Crippen molar-refractivity contribution in [2.75, 3.05) is 13.2 Å². The van der Waals surface area contributed by atoms with E-state index in [1.807, 2.05) is 20.8 Å². The van der Waals surface area contributed by atoms with Gasteiger partial charge < -0.3 is 15.0 Å². The summed E-state index contributed by atoms with van der Waals surface area (Å²) in [6.07, 6.45) is -2.85. The van der Waals surface area contributed by atoms with Crippen molar-refractivity contribution < 1.29 is 32.3 Å². The highest BCUT2D eigenvalue weighted by Crippen LogP contribution is 2.27. The molecule has 1 fully saturated rings. The molecule has 0 spiro atoms. The number of ether oxygens (including phenoxy) is 1. The van der Waals surface area contributed by atoms with E-state index in [1.165, 1.54) is 6.92 Å². The number of likely N-dealkylation sites (tertiary alicyclic amines) is 1. The molecular formula is C18H29F3N2O4. The molecule has 0 aliphatic carbocycles. The fraction of sp³-hybridized carbons (Fsp3) is 0.833. The maximum atomic E-state index is 12.8. The van der Waals surface area contributed by atoms with Gasteiger partial charge in [0.25, 0.3) is 0 Å². The van der Waals surface area contributed by atoms with Crippen LogP contribution in [-0.4, -0.2) is 53.6 Å². The molecule has 9 heteroatoms. The zero-order valence-electron chi connectivity index (χ0n) is 16.3. The molecule has 0 saturated carbocycles. The van der Waals surface area contributed by atoms with Crippen LogP contribution in [0.25, 0.3) is 0 Å². The number of nitrogens with zero attached hydrogens (tertiary/aromatic N) is 1. The van der Waals surface area contributed by atoms with E-state index < -0.39 is 35.5 Å². The van der Waals surface area contributed by atoms with Gasteiger partial charge in [0.15, 0.2) is 0 Å². The maximum absolute atomic E-state index is 12.8. The number of halogens is 3. The Morgan fingerprint density at radius 3 is 2.41 bits per heavy atom. The number of esters is 1. The average molecular weight is 394 g/mol. The van der Waals surface area contributed by atoms with Crippen molar-refractivity contribution in [2.24, 2.45) is 5.92 Å². The van der Waals surface area contributed by atoms with Gasteiger partial charge in [-0.2, -0.15) is 13.2 Å². The Labute approximate surface area is 157 Å². The van der Waals surface area contributed by atoms with Crippen molar-refractivity contribution in [2.45, 2.75) is 77.6 Å². The number of rotatable bonds is 8. The van der Waals surface area contributed by atoms with Gasteiger partial charge in [-0.15, -0.1) is 0 Å². The van der Waals surface area contributed by atoms with Crippen LogP contribution < -0.4 is 5.32 Å². The summed E-state index contributed by atoms with van der Waals surface area (Å²) < 4.78 is 43.5. The zero-order valence-corrected chi connectivity index (χ0v) is 16.3. The van der Waals surface area contributed by atoms with Crippen LogP contribution in [0.15, 0.2) is 0 Å². The summed E-state index contributed by atoms with van der Waals surface area (Å²) in [6, 6.07) is -1.24. The average Bonchev–Trinajstić information content (AvgIpc) is 3.01. The first-order chi connectivity index (χ1) is 12.4. The molecule has 1 rings (SSSR count). The minimum atomic E-state index is -5.04. The second-order valence-electron chi connectivity index (χ2n) is 7.56. The van der Waals surface area contributed by atoms with Crippen molar-refractivity contribution in [1.82, 2.24) is 10.2 Å². The van der Waals surface area contributed by atoms with Gasteiger partial charge in [-0.3, -0.25) is 9.59 Å². The van der Waals surface area contributed by atoms with Crippen LogP contribution in [0.1, 0.15) is 59.8 Å². The van der Waals surface area contributed by atoms with Gasteiger partial charge in [0.2, 0.25) is 5.91 Å². The Hall–Kier alpha value is -1.80. The van der Waals surface area contributed by atoms with Gasteiger partial charge in [-0.25, -0.2) is 4.79 Å². The molecule has 0 aromatic heterocycles. The first-order valence-electron chi connectivity index (χ1n) is 9.29. The Bertz CT molecular complexity index is 551. The number of hydrogen-bond acceptors (Lipinski definition) is 4. The lowest BCUT2D eigenvalue weighted by Gasteiger charge is -2.33. The predicted octanol–water partition coefficient (Wildman–Crippen LogP) is 2.80. The number of unbranched alkanes of at least 4 members (excludes halogenated alkanes) is 1. The summed E-state index contributed by atoms with van der Waals surface area (Å²) >= 11 is 0. The Morgan fingerprint density at radius 2 is 1.89 bits per heavy atom. The molecular weight excluding hydrogens is 365 g/mol. The molecule has 1 heterocycles. The van der Waals surface area contributed by atoms with E-state index in [0.717, 1.165) is 6.42 Å². The van der Waals surface area contributed by atoms with E-state index in [9.17, 15) is 27.6 Å². The molecule has 1 aliphatic heterocycles. The fourth-order valence-electron chi connectivity index (χ4n) is 3.27. The lowest BCUT2D eigenvalue weighted by Crippen LogP contribution is -2.59. The van der Waals surface area contributed by atoms with Gasteiger partial charge in [0, 0.05) is 6.54 Å². The molecule has 2 atom stereocenters. The largest absolute Gasteiger partial charge is 0.471 e. The van der Waals surface area contributed by atoms with Crippen molar-refractivity contribution in [1.29, 1.82) is 0 Å². The van der Waals surface area contributed by atoms with Crippen LogP contribution in [-0.2, 0) is 19.1 Å². The topological polar surface area (TPSA) is 75.7 Å². The number of amides is 2. The van der Waals surface area contributed by atoms with Crippen molar-refractivity contribution in [3.05, 3.63) is 0 Å². The zero-order chi connectivity index (χ0) is 20.8. The molecule has 2 amide bonds. The summed E-state index contributed by atoms with van der Waals surface area (Å²) in [5, 5.41) is 2.55. The van der Waals surface area contributed by atoms with E-state index in [4.69, 9.17) is 4.74 Å². The normalized spacial score (nSPS) is 19.7. The highest BCUT2D eigenvalue weighted by Gasteiger charge is 2.49. The van der Waals surface area contributed by atoms with Gasteiger partial charge in [-0.1, -0.05) is 27.2 Å². The Morgan fingerprint density at radius 1 is 1.26 bits per heavy atom. The van der Waals surface area contributed by atoms with Crippen LogP contribution in [0.4, 0.5) is 13.2 Å². The lowest BCUT2D eigenvalue weighted by atomic mass is 9.90. The molecule has 6 nitrogen and oxygen atoms in total. The highest BCUT2D eigenvalue weighted by atomic mass is 19.4. The number of carbonyl (C=O) groups excluding carboxylic acids is 3. The van der Waals surface area contributed by atoms with Gasteiger partial charge in [-0.05, 0) is 38.5 Å². The number of hydrogen-bond donors (Lipinski definition) is 1. The van der Waals surface area contributed by atoms with E-state index >= 15 is 0 Å². The molecule has 0 bridgehead atoms. The summed E-state index contributed by atoms with van der Waals surface area (Å²) in [6.45, 7) is 7.23. The molecule has 1 saturated heterocycles. The first kappa shape index (κ1) is 23.2. The van der Waals surface area contributed by atoms with Crippen molar-refractivity contribution in [3.63, 3.8) is 0 Å². The summed E-state index contributed by atoms with van der Waals surface area (Å²) in [4.78, 5) is 37.2. The van der Waals surface area contributed by atoms with Crippen LogP contribution in [0.2, 0.25) is 0 Å². The van der Waals surface area contributed by atoms with E-state index in [2.05, 4.69) is 5.32 Å². The number of alkyl halides is 3. The highest BCUT2D eigenvalue weighted by molar-refractivity contribution is 5.93. The molecule has 156 valence electrons. The van der Waals surface area contributed by atoms with E-state index in [1.54, 1.807) is 0 Å². The third-order valence-corrected chi connectivity index (χ3v) is 4.46. The minimum absolute atomic E-state index is 0.0329. The van der Waals surface area contributed by atoms with Crippen LogP contribution in [0, 0.1) is 5.92 Å². The van der Waals surface area contributed by atoms with Crippen molar-refractivity contribution in [3.8, 4) is 0 Å². The fourth-order valence-corrected chi connectivity index (χ4v) is 3.27. The molecule has 27 heavy (non-hydrogen) atoms. The van der Waals surface area contributed by atoms with E-state index in [0.29, 0.717) is 17.7 Å². The number of carbonyl (C=O) groups is 3. The second kappa shape index (κ2) is 9.41. The molecule has 0 radical (unpaired) electrons. The first-order valence-corrected chi connectivity index (χ1v) is 9.29.